The van der Waals surface area contributed by atoms with Crippen LogP contribution in [0.1, 0.15) is 0 Å². The molecule has 6 heteroatoms. The zero-order chi connectivity index (χ0) is 14.1. The van der Waals surface area contributed by atoms with E-state index in [2.05, 4.69) is 31.4 Å². The topological polar surface area (TPSA) is 37.8 Å². The zero-order valence-electron chi connectivity index (χ0n) is 10.1. The normalized spacial score (nSPS) is 10.8. The summed E-state index contributed by atoms with van der Waals surface area (Å²) in [5.74, 6) is 0.646. The maximum absolute atomic E-state index is 6.06. The van der Waals surface area contributed by atoms with Gasteiger partial charge in [-0.25, -0.2) is 0 Å². The fourth-order valence-electron chi connectivity index (χ4n) is 1.88. The van der Waals surface area contributed by atoms with E-state index in [0.29, 0.717) is 16.0 Å². The highest BCUT2D eigenvalue weighted by molar-refractivity contribution is 9.10. The summed E-state index contributed by atoms with van der Waals surface area (Å²) in [5.41, 5.74) is 0.858. The number of halogens is 3. The van der Waals surface area contributed by atoms with Crippen molar-refractivity contribution in [1.82, 2.24) is 10.2 Å². The SMILES string of the molecule is Clc1ccc(Nc2nnc(Cl)c3ccccc23)c(Br)c1. The van der Waals surface area contributed by atoms with Gasteiger partial charge in [-0.15, -0.1) is 10.2 Å². The van der Waals surface area contributed by atoms with Gasteiger partial charge in [0.1, 0.15) is 0 Å². The van der Waals surface area contributed by atoms with Gasteiger partial charge >= 0.3 is 0 Å². The van der Waals surface area contributed by atoms with Crippen molar-refractivity contribution in [3.63, 3.8) is 0 Å². The monoisotopic (exact) mass is 367 g/mol. The van der Waals surface area contributed by atoms with E-state index >= 15 is 0 Å². The van der Waals surface area contributed by atoms with Crippen molar-refractivity contribution < 1.29 is 0 Å². The number of hydrogen-bond donors (Lipinski definition) is 1. The molecule has 1 N–H and O–H groups in total. The molecule has 100 valence electrons. The summed E-state index contributed by atoms with van der Waals surface area (Å²) in [7, 11) is 0. The maximum atomic E-state index is 6.06. The fraction of sp³-hybridized carbons (Fsp3) is 0. The van der Waals surface area contributed by atoms with E-state index in [-0.39, 0.29) is 0 Å². The zero-order valence-corrected chi connectivity index (χ0v) is 13.2. The van der Waals surface area contributed by atoms with Crippen LogP contribution in [0.5, 0.6) is 0 Å². The molecule has 0 aliphatic carbocycles. The van der Waals surface area contributed by atoms with E-state index in [4.69, 9.17) is 23.2 Å². The highest BCUT2D eigenvalue weighted by atomic mass is 79.9. The summed E-state index contributed by atoms with van der Waals surface area (Å²) >= 11 is 15.5. The van der Waals surface area contributed by atoms with Gasteiger partial charge in [0.15, 0.2) is 11.0 Å². The second-order valence-electron chi connectivity index (χ2n) is 4.13. The van der Waals surface area contributed by atoms with Gasteiger partial charge in [0.2, 0.25) is 0 Å². The summed E-state index contributed by atoms with van der Waals surface area (Å²) < 4.78 is 0.853. The molecular weight excluding hydrogens is 361 g/mol. The lowest BCUT2D eigenvalue weighted by molar-refractivity contribution is 1.05. The lowest BCUT2D eigenvalue weighted by atomic mass is 10.2. The first-order valence-electron chi connectivity index (χ1n) is 5.78. The standard InChI is InChI=1S/C14H8BrCl2N3/c15-11-7-8(16)5-6-12(11)18-14-10-4-2-1-3-9(10)13(17)19-20-14/h1-7H,(H,18,20). The van der Waals surface area contributed by atoms with Crippen LogP contribution in [0.25, 0.3) is 10.8 Å². The van der Waals surface area contributed by atoms with Gasteiger partial charge in [-0.05, 0) is 34.1 Å². The van der Waals surface area contributed by atoms with E-state index < -0.39 is 0 Å². The lowest BCUT2D eigenvalue weighted by Crippen LogP contribution is -1.98. The first kappa shape index (κ1) is 13.6. The van der Waals surface area contributed by atoms with Gasteiger partial charge in [0, 0.05) is 20.3 Å². The number of hydrogen-bond acceptors (Lipinski definition) is 3. The molecule has 0 spiro atoms. The van der Waals surface area contributed by atoms with Crippen molar-refractivity contribution in [3.8, 4) is 0 Å². The van der Waals surface area contributed by atoms with Gasteiger partial charge in [-0.1, -0.05) is 47.5 Å². The summed E-state index contributed by atoms with van der Waals surface area (Å²) in [6.45, 7) is 0. The predicted molar refractivity (Wildman–Crippen MR) is 87.0 cm³/mol. The minimum Gasteiger partial charge on any atom is -0.337 e. The van der Waals surface area contributed by atoms with Crippen molar-refractivity contribution in [2.75, 3.05) is 5.32 Å². The third-order valence-electron chi connectivity index (χ3n) is 2.83. The predicted octanol–water partition coefficient (Wildman–Crippen LogP) is 5.44. The molecule has 0 aliphatic heterocycles. The quantitative estimate of drug-likeness (QED) is 0.654. The van der Waals surface area contributed by atoms with Crippen LogP contribution in [0.3, 0.4) is 0 Å². The number of rotatable bonds is 2. The first-order chi connectivity index (χ1) is 9.65. The Morgan fingerprint density at radius 2 is 1.70 bits per heavy atom. The molecule has 3 rings (SSSR count). The molecule has 0 atom stereocenters. The van der Waals surface area contributed by atoms with Crippen LogP contribution in [0.2, 0.25) is 10.2 Å². The molecule has 0 bridgehead atoms. The molecule has 20 heavy (non-hydrogen) atoms. The second kappa shape index (κ2) is 5.56. The lowest BCUT2D eigenvalue weighted by Gasteiger charge is -2.10. The van der Waals surface area contributed by atoms with Crippen molar-refractivity contribution in [2.24, 2.45) is 0 Å². The van der Waals surface area contributed by atoms with E-state index in [0.717, 1.165) is 20.9 Å². The van der Waals surface area contributed by atoms with Gasteiger partial charge in [0.05, 0.1) is 5.69 Å². The third-order valence-corrected chi connectivity index (χ3v) is 4.00. The van der Waals surface area contributed by atoms with Gasteiger partial charge in [-0.3, -0.25) is 0 Å². The Morgan fingerprint density at radius 1 is 0.950 bits per heavy atom. The number of benzene rings is 2. The Bertz CT molecular complexity index is 792. The third kappa shape index (κ3) is 2.59. The molecule has 1 heterocycles. The van der Waals surface area contributed by atoms with Crippen LogP contribution < -0.4 is 5.32 Å². The average molecular weight is 369 g/mol. The minimum absolute atomic E-state index is 0.390. The van der Waals surface area contributed by atoms with Crippen LogP contribution in [0, 0.1) is 0 Å². The van der Waals surface area contributed by atoms with E-state index in [1.54, 1.807) is 6.07 Å². The van der Waals surface area contributed by atoms with Crippen LogP contribution >= 0.6 is 39.1 Å². The van der Waals surface area contributed by atoms with Crippen LogP contribution in [0.4, 0.5) is 11.5 Å². The molecule has 0 unspecified atom stereocenters. The molecule has 2 aromatic carbocycles. The Kier molecular flexibility index (Phi) is 3.78. The Balaban J connectivity index is 2.09. The van der Waals surface area contributed by atoms with E-state index in [1.807, 2.05) is 36.4 Å². The number of anilines is 2. The average Bonchev–Trinajstić information content (AvgIpc) is 2.45. The molecule has 0 saturated heterocycles. The van der Waals surface area contributed by atoms with Gasteiger partial charge in [-0.2, -0.15) is 0 Å². The Morgan fingerprint density at radius 3 is 2.45 bits per heavy atom. The van der Waals surface area contributed by atoms with E-state index in [9.17, 15) is 0 Å². The highest BCUT2D eigenvalue weighted by Gasteiger charge is 2.09. The van der Waals surface area contributed by atoms with Crippen molar-refractivity contribution >= 4 is 61.4 Å². The number of nitrogens with one attached hydrogen (secondary N) is 1. The highest BCUT2D eigenvalue weighted by Crippen LogP contribution is 2.31. The van der Waals surface area contributed by atoms with Crippen LogP contribution in [-0.2, 0) is 0 Å². The smallest absolute Gasteiger partial charge is 0.161 e. The van der Waals surface area contributed by atoms with Crippen molar-refractivity contribution in [1.29, 1.82) is 0 Å². The molecule has 0 radical (unpaired) electrons. The summed E-state index contributed by atoms with van der Waals surface area (Å²) in [6, 6.07) is 13.2. The minimum atomic E-state index is 0.390. The van der Waals surface area contributed by atoms with Crippen LogP contribution in [0.15, 0.2) is 46.9 Å². The number of nitrogens with zero attached hydrogens (tertiary/aromatic N) is 2. The van der Waals surface area contributed by atoms with Gasteiger partial charge < -0.3 is 5.32 Å². The molecule has 3 aromatic rings. The number of aromatic nitrogens is 2. The fourth-order valence-corrected chi connectivity index (χ4v) is 2.87. The van der Waals surface area contributed by atoms with Crippen molar-refractivity contribution in [2.45, 2.75) is 0 Å². The Labute approximate surface area is 134 Å². The molecular formula is C14H8BrCl2N3. The molecule has 0 fully saturated rings. The first-order valence-corrected chi connectivity index (χ1v) is 7.33. The van der Waals surface area contributed by atoms with Gasteiger partial charge in [0.25, 0.3) is 0 Å². The largest absolute Gasteiger partial charge is 0.337 e. The maximum Gasteiger partial charge on any atom is 0.161 e. The summed E-state index contributed by atoms with van der Waals surface area (Å²) in [6.07, 6.45) is 0. The van der Waals surface area contributed by atoms with E-state index in [1.165, 1.54) is 0 Å². The summed E-state index contributed by atoms with van der Waals surface area (Å²) in [5, 5.41) is 14.1. The van der Waals surface area contributed by atoms with Crippen molar-refractivity contribution in [3.05, 3.63) is 57.1 Å². The number of fused-ring (bicyclic) bond motifs is 1. The molecule has 0 aliphatic rings. The molecule has 0 saturated carbocycles. The molecule has 1 aromatic heterocycles. The Hall–Kier alpha value is -1.36. The molecule has 0 amide bonds. The van der Waals surface area contributed by atoms with Crippen LogP contribution in [-0.4, -0.2) is 10.2 Å². The molecule has 3 nitrogen and oxygen atoms in total. The summed E-state index contributed by atoms with van der Waals surface area (Å²) in [4.78, 5) is 0. The second-order valence-corrected chi connectivity index (χ2v) is 5.78.